The number of carbonyl (C=O) groups excluding carboxylic acids is 2. The van der Waals surface area contributed by atoms with Crippen LogP contribution in [0.4, 0.5) is 0 Å². The topological polar surface area (TPSA) is 90.5 Å². The third kappa shape index (κ3) is 5.51. The van der Waals surface area contributed by atoms with Crippen molar-refractivity contribution in [2.45, 2.75) is 50.5 Å². The molecule has 1 aliphatic carbocycles. The molecule has 31 heavy (non-hydrogen) atoms. The Morgan fingerprint density at radius 2 is 1.90 bits per heavy atom. The molecule has 0 aromatic heterocycles. The number of benzene rings is 2. The lowest BCUT2D eigenvalue weighted by Crippen LogP contribution is -2.46. The van der Waals surface area contributed by atoms with E-state index in [4.69, 9.17) is 5.21 Å². The Hall–Kier alpha value is -2.70. The Kier molecular flexibility index (Phi) is 6.68. The molecule has 1 saturated heterocycles. The number of rotatable bonds is 9. The molecule has 1 heterocycles. The van der Waals surface area contributed by atoms with E-state index in [0.717, 1.165) is 44.3 Å². The van der Waals surface area contributed by atoms with Crippen molar-refractivity contribution < 1.29 is 14.8 Å². The largest absolute Gasteiger partial charge is 0.356 e. The fraction of sp³-hybridized carbons (Fsp3) is 0.440. The molecule has 6 heteroatoms. The van der Waals surface area contributed by atoms with Crippen molar-refractivity contribution in [3.63, 3.8) is 0 Å². The summed E-state index contributed by atoms with van der Waals surface area (Å²) in [6, 6.07) is 18.5. The Balaban J connectivity index is 1.31. The molecule has 0 spiro atoms. The lowest BCUT2D eigenvalue weighted by molar-refractivity contribution is -0.125. The van der Waals surface area contributed by atoms with Crippen LogP contribution in [0.15, 0.2) is 54.6 Å². The van der Waals surface area contributed by atoms with Gasteiger partial charge < -0.3 is 10.6 Å². The van der Waals surface area contributed by atoms with Gasteiger partial charge in [-0.15, -0.1) is 0 Å². The molecule has 164 valence electrons. The zero-order chi connectivity index (χ0) is 21.7. The van der Waals surface area contributed by atoms with Crippen LogP contribution in [0.25, 0.3) is 0 Å². The van der Waals surface area contributed by atoms with Crippen molar-refractivity contribution >= 4 is 11.8 Å². The monoisotopic (exact) mass is 421 g/mol. The van der Waals surface area contributed by atoms with E-state index < -0.39 is 5.91 Å². The highest BCUT2D eigenvalue weighted by atomic mass is 16.5. The standard InChI is InChI=1S/C25H31N3O3/c29-23-16-25(13-14-26-23,17-27-22-15-21(22)19-6-2-1-3-7-19)12-4-5-18-8-10-20(11-9-18)24(30)28-31/h1-3,6-11,21-22,27,31H,4-5,12-17H2,(H,26,29)(H,28,30). The molecule has 0 bridgehead atoms. The molecule has 2 fully saturated rings. The molecule has 1 saturated carbocycles. The molecule has 4 rings (SSSR count). The number of hydrogen-bond acceptors (Lipinski definition) is 4. The quantitative estimate of drug-likeness (QED) is 0.370. The fourth-order valence-electron chi connectivity index (χ4n) is 4.80. The minimum atomic E-state index is -0.501. The Morgan fingerprint density at radius 3 is 2.61 bits per heavy atom. The van der Waals surface area contributed by atoms with E-state index in [0.29, 0.717) is 23.9 Å². The van der Waals surface area contributed by atoms with Crippen LogP contribution in [-0.4, -0.2) is 36.2 Å². The van der Waals surface area contributed by atoms with Crippen molar-refractivity contribution in [3.8, 4) is 0 Å². The number of amides is 2. The second-order valence-corrected chi connectivity index (χ2v) is 9.01. The molecule has 2 aliphatic rings. The van der Waals surface area contributed by atoms with Crippen molar-refractivity contribution in [2.24, 2.45) is 5.41 Å². The van der Waals surface area contributed by atoms with Gasteiger partial charge in [0.1, 0.15) is 0 Å². The molecular formula is C25H31N3O3. The Morgan fingerprint density at radius 1 is 1.13 bits per heavy atom. The van der Waals surface area contributed by atoms with Gasteiger partial charge in [-0.3, -0.25) is 14.8 Å². The average Bonchev–Trinajstić information content (AvgIpc) is 3.58. The van der Waals surface area contributed by atoms with E-state index in [2.05, 4.69) is 41.0 Å². The van der Waals surface area contributed by atoms with Gasteiger partial charge in [-0.05, 0) is 60.8 Å². The highest BCUT2D eigenvalue weighted by molar-refractivity contribution is 5.93. The predicted molar refractivity (Wildman–Crippen MR) is 119 cm³/mol. The van der Waals surface area contributed by atoms with Crippen molar-refractivity contribution in [3.05, 3.63) is 71.3 Å². The maximum absolute atomic E-state index is 12.2. The maximum Gasteiger partial charge on any atom is 0.274 e. The summed E-state index contributed by atoms with van der Waals surface area (Å²) in [6.07, 6.45) is 5.64. The van der Waals surface area contributed by atoms with E-state index in [9.17, 15) is 9.59 Å². The summed E-state index contributed by atoms with van der Waals surface area (Å²) in [6.45, 7) is 1.63. The number of nitrogens with one attached hydrogen (secondary N) is 3. The van der Waals surface area contributed by atoms with Crippen molar-refractivity contribution in [2.75, 3.05) is 13.1 Å². The lowest BCUT2D eigenvalue weighted by atomic mass is 9.74. The SMILES string of the molecule is O=C1CC(CCCc2ccc(C(=O)NO)cc2)(CNC2CC2c2ccccc2)CCN1. The maximum atomic E-state index is 12.2. The van der Waals surface area contributed by atoms with Crippen LogP contribution in [0.2, 0.25) is 0 Å². The van der Waals surface area contributed by atoms with Crippen molar-refractivity contribution in [1.82, 2.24) is 16.1 Å². The van der Waals surface area contributed by atoms with E-state index in [1.165, 1.54) is 12.0 Å². The van der Waals surface area contributed by atoms with Gasteiger partial charge >= 0.3 is 0 Å². The van der Waals surface area contributed by atoms with Crippen LogP contribution in [0.3, 0.4) is 0 Å². The zero-order valence-corrected chi connectivity index (χ0v) is 17.8. The smallest absolute Gasteiger partial charge is 0.274 e. The molecule has 2 aromatic carbocycles. The first-order valence-electron chi connectivity index (χ1n) is 11.2. The van der Waals surface area contributed by atoms with Gasteiger partial charge in [-0.1, -0.05) is 42.5 Å². The second-order valence-electron chi connectivity index (χ2n) is 9.01. The Labute approximate surface area is 183 Å². The summed E-state index contributed by atoms with van der Waals surface area (Å²) in [4.78, 5) is 23.6. The van der Waals surface area contributed by atoms with Crippen LogP contribution in [0, 0.1) is 5.41 Å². The highest BCUT2D eigenvalue weighted by Gasteiger charge is 2.41. The minimum absolute atomic E-state index is 0.00285. The van der Waals surface area contributed by atoms with E-state index >= 15 is 0 Å². The van der Waals surface area contributed by atoms with Gasteiger partial charge in [0.15, 0.2) is 0 Å². The lowest BCUT2D eigenvalue weighted by Gasteiger charge is -2.37. The number of hydroxylamine groups is 1. The number of aryl methyl sites for hydroxylation is 1. The van der Waals surface area contributed by atoms with E-state index in [1.54, 1.807) is 17.6 Å². The van der Waals surface area contributed by atoms with Gasteiger partial charge in [-0.2, -0.15) is 0 Å². The summed E-state index contributed by atoms with van der Waals surface area (Å²) >= 11 is 0. The third-order valence-corrected chi connectivity index (χ3v) is 6.76. The number of carbonyl (C=O) groups is 2. The normalized spacial score (nSPS) is 25.0. The van der Waals surface area contributed by atoms with Crippen LogP contribution in [0.5, 0.6) is 0 Å². The van der Waals surface area contributed by atoms with Gasteiger partial charge in [0.05, 0.1) is 0 Å². The average molecular weight is 422 g/mol. The Bertz CT molecular complexity index is 900. The van der Waals surface area contributed by atoms with Crippen LogP contribution in [0.1, 0.15) is 59.5 Å². The van der Waals surface area contributed by atoms with Crippen LogP contribution in [-0.2, 0) is 11.2 Å². The first-order valence-corrected chi connectivity index (χ1v) is 11.2. The molecule has 2 amide bonds. The summed E-state index contributed by atoms with van der Waals surface area (Å²) in [7, 11) is 0. The van der Waals surface area contributed by atoms with Gasteiger partial charge in [0, 0.05) is 37.0 Å². The van der Waals surface area contributed by atoms with Gasteiger partial charge in [0.2, 0.25) is 5.91 Å². The minimum Gasteiger partial charge on any atom is -0.356 e. The third-order valence-electron chi connectivity index (χ3n) is 6.76. The van der Waals surface area contributed by atoms with Gasteiger partial charge in [0.25, 0.3) is 5.91 Å². The summed E-state index contributed by atoms with van der Waals surface area (Å²) in [5.41, 5.74) is 4.65. The zero-order valence-electron chi connectivity index (χ0n) is 17.8. The van der Waals surface area contributed by atoms with E-state index in [-0.39, 0.29) is 11.3 Å². The second kappa shape index (κ2) is 9.62. The molecule has 3 unspecified atom stereocenters. The van der Waals surface area contributed by atoms with E-state index in [1.807, 2.05) is 12.1 Å². The highest BCUT2D eigenvalue weighted by Crippen LogP contribution is 2.42. The van der Waals surface area contributed by atoms with Crippen LogP contribution < -0.4 is 16.1 Å². The van der Waals surface area contributed by atoms with Crippen LogP contribution >= 0.6 is 0 Å². The first-order chi connectivity index (χ1) is 15.1. The molecule has 2 aromatic rings. The number of hydrogen-bond donors (Lipinski definition) is 4. The van der Waals surface area contributed by atoms with Crippen molar-refractivity contribution in [1.29, 1.82) is 0 Å². The number of piperidine rings is 1. The fourth-order valence-corrected chi connectivity index (χ4v) is 4.80. The summed E-state index contributed by atoms with van der Waals surface area (Å²) in [5, 5.41) is 15.5. The molecule has 0 radical (unpaired) electrons. The predicted octanol–water partition coefficient (Wildman–Crippen LogP) is 3.17. The summed E-state index contributed by atoms with van der Waals surface area (Å²) in [5.74, 6) is 0.242. The van der Waals surface area contributed by atoms with Gasteiger partial charge in [-0.25, -0.2) is 5.48 Å². The molecular weight excluding hydrogens is 390 g/mol. The molecule has 4 N–H and O–H groups in total. The molecule has 3 atom stereocenters. The summed E-state index contributed by atoms with van der Waals surface area (Å²) < 4.78 is 0. The molecule has 6 nitrogen and oxygen atoms in total. The first kappa shape index (κ1) is 21.5. The molecule has 1 aliphatic heterocycles.